The smallest absolute Gasteiger partial charge is 0.226 e. The summed E-state index contributed by atoms with van der Waals surface area (Å²) < 4.78 is 9.15. The van der Waals surface area contributed by atoms with E-state index in [4.69, 9.17) is 4.74 Å². The monoisotopic (exact) mass is 171 g/mol. The van der Waals surface area contributed by atoms with Crippen molar-refractivity contribution in [2.75, 3.05) is 0 Å². The van der Waals surface area contributed by atoms with Crippen molar-refractivity contribution >= 4 is 17.8 Å². The molecule has 11 heavy (non-hydrogen) atoms. The zero-order chi connectivity index (χ0) is 8.27. The Hall–Kier alpha value is -0.900. The fourth-order valence-corrected chi connectivity index (χ4v) is 1.11. The summed E-state index contributed by atoms with van der Waals surface area (Å²) in [7, 11) is 0. The molecule has 0 spiro atoms. The fourth-order valence-electron chi connectivity index (χ4n) is 0.625. The Bertz CT molecular complexity index is 244. The van der Waals surface area contributed by atoms with Crippen molar-refractivity contribution in [3.63, 3.8) is 0 Å². The van der Waals surface area contributed by atoms with Gasteiger partial charge in [0.2, 0.25) is 5.88 Å². The van der Waals surface area contributed by atoms with Crippen LogP contribution in [0.5, 0.6) is 5.88 Å². The number of ether oxygens (including phenoxy) is 1. The Balaban J connectivity index is 2.65. The second kappa shape index (κ2) is 3.48. The van der Waals surface area contributed by atoms with Gasteiger partial charge in [0, 0.05) is 6.07 Å². The summed E-state index contributed by atoms with van der Waals surface area (Å²) in [6, 6.07) is 1.64. The zero-order valence-electron chi connectivity index (χ0n) is 6.40. The van der Waals surface area contributed by atoms with Crippen molar-refractivity contribution in [2.24, 2.45) is 0 Å². The number of nitrogens with zero attached hydrogens (tertiary/aromatic N) is 1. The number of carbonyl (C=O) groups is 1. The van der Waals surface area contributed by atoms with E-state index in [-0.39, 0.29) is 6.10 Å². The Morgan fingerprint density at radius 2 is 2.45 bits per heavy atom. The van der Waals surface area contributed by atoms with Gasteiger partial charge in [0.25, 0.3) is 0 Å². The van der Waals surface area contributed by atoms with E-state index in [0.717, 1.165) is 17.8 Å². The SMILES string of the molecule is CC(C)Oc1cc(C=O)sn1. The van der Waals surface area contributed by atoms with E-state index >= 15 is 0 Å². The van der Waals surface area contributed by atoms with Crippen LogP contribution in [0.2, 0.25) is 0 Å². The van der Waals surface area contributed by atoms with E-state index in [2.05, 4.69) is 4.37 Å². The average molecular weight is 171 g/mol. The van der Waals surface area contributed by atoms with Crippen LogP contribution >= 0.6 is 11.5 Å². The molecule has 0 aliphatic rings. The third-order valence-electron chi connectivity index (χ3n) is 0.979. The number of carbonyl (C=O) groups excluding carboxylic acids is 1. The summed E-state index contributed by atoms with van der Waals surface area (Å²) in [6.45, 7) is 3.83. The van der Waals surface area contributed by atoms with Crippen LogP contribution in [0.4, 0.5) is 0 Å². The predicted octanol–water partition coefficient (Wildman–Crippen LogP) is 1.74. The first-order valence-corrected chi connectivity index (χ1v) is 4.08. The van der Waals surface area contributed by atoms with Crippen LogP contribution in [0.15, 0.2) is 6.07 Å². The summed E-state index contributed by atoms with van der Waals surface area (Å²) >= 11 is 1.15. The van der Waals surface area contributed by atoms with E-state index in [1.807, 2.05) is 13.8 Å². The molecular weight excluding hydrogens is 162 g/mol. The lowest BCUT2D eigenvalue weighted by molar-refractivity contribution is 0.112. The molecule has 0 aliphatic carbocycles. The molecule has 1 heterocycles. The van der Waals surface area contributed by atoms with Crippen LogP contribution in [-0.4, -0.2) is 16.8 Å². The first-order chi connectivity index (χ1) is 5.22. The van der Waals surface area contributed by atoms with Gasteiger partial charge >= 0.3 is 0 Å². The quantitative estimate of drug-likeness (QED) is 0.650. The van der Waals surface area contributed by atoms with Crippen LogP contribution in [0.3, 0.4) is 0 Å². The van der Waals surface area contributed by atoms with E-state index < -0.39 is 0 Å². The standard InChI is InChI=1S/C7H9NO2S/c1-5(2)10-7-3-6(4-9)11-8-7/h3-5H,1-2H3. The lowest BCUT2D eigenvalue weighted by Crippen LogP contribution is -2.05. The van der Waals surface area contributed by atoms with Gasteiger partial charge in [-0.2, -0.15) is 4.37 Å². The van der Waals surface area contributed by atoms with Gasteiger partial charge in [0.05, 0.1) is 11.0 Å². The number of rotatable bonds is 3. The maximum atomic E-state index is 10.2. The molecule has 1 aromatic rings. The number of aromatic nitrogens is 1. The summed E-state index contributed by atoms with van der Waals surface area (Å²) in [5.74, 6) is 0.534. The van der Waals surface area contributed by atoms with Gasteiger partial charge in [-0.15, -0.1) is 0 Å². The highest BCUT2D eigenvalue weighted by Crippen LogP contribution is 2.15. The van der Waals surface area contributed by atoms with Gasteiger partial charge in [0.15, 0.2) is 6.29 Å². The number of aldehydes is 1. The summed E-state index contributed by atoms with van der Waals surface area (Å²) in [6.07, 6.45) is 0.877. The van der Waals surface area contributed by atoms with Crippen LogP contribution in [0.25, 0.3) is 0 Å². The zero-order valence-corrected chi connectivity index (χ0v) is 7.22. The van der Waals surface area contributed by atoms with E-state index in [9.17, 15) is 4.79 Å². The van der Waals surface area contributed by atoms with Crippen LogP contribution < -0.4 is 4.74 Å². The summed E-state index contributed by atoms with van der Waals surface area (Å²) in [4.78, 5) is 10.8. The molecule has 0 atom stereocenters. The Labute approximate surface area is 69.2 Å². The fraction of sp³-hybridized carbons (Fsp3) is 0.429. The molecule has 0 aliphatic heterocycles. The van der Waals surface area contributed by atoms with Crippen molar-refractivity contribution in [3.8, 4) is 5.88 Å². The molecule has 0 amide bonds. The molecule has 4 heteroatoms. The van der Waals surface area contributed by atoms with Gasteiger partial charge in [-0.3, -0.25) is 4.79 Å². The molecule has 0 saturated heterocycles. The first kappa shape index (κ1) is 8.20. The molecule has 1 rings (SSSR count). The highest BCUT2D eigenvalue weighted by molar-refractivity contribution is 7.07. The summed E-state index contributed by atoms with van der Waals surface area (Å²) in [5, 5.41) is 0. The molecule has 3 nitrogen and oxygen atoms in total. The van der Waals surface area contributed by atoms with Crippen LogP contribution in [0, 0.1) is 0 Å². The topological polar surface area (TPSA) is 39.2 Å². The molecule has 0 radical (unpaired) electrons. The third kappa shape index (κ3) is 2.31. The Morgan fingerprint density at radius 1 is 1.73 bits per heavy atom. The molecule has 0 bridgehead atoms. The molecule has 0 aromatic carbocycles. The minimum atomic E-state index is 0.108. The lowest BCUT2D eigenvalue weighted by atomic mass is 10.5. The van der Waals surface area contributed by atoms with E-state index in [1.54, 1.807) is 6.07 Å². The van der Waals surface area contributed by atoms with Crippen molar-refractivity contribution in [2.45, 2.75) is 20.0 Å². The second-order valence-corrected chi connectivity index (χ2v) is 3.19. The minimum Gasteiger partial charge on any atom is -0.474 e. The van der Waals surface area contributed by atoms with E-state index in [0.29, 0.717) is 10.8 Å². The minimum absolute atomic E-state index is 0.108. The molecule has 1 aromatic heterocycles. The van der Waals surface area contributed by atoms with Crippen molar-refractivity contribution < 1.29 is 9.53 Å². The van der Waals surface area contributed by atoms with Crippen molar-refractivity contribution in [1.82, 2.24) is 4.37 Å². The average Bonchev–Trinajstić information content (AvgIpc) is 2.34. The molecule has 0 fully saturated rings. The summed E-state index contributed by atoms with van der Waals surface area (Å²) in [5.41, 5.74) is 0. The van der Waals surface area contributed by atoms with Crippen LogP contribution in [0.1, 0.15) is 23.5 Å². The Kier molecular flexibility index (Phi) is 2.59. The highest BCUT2D eigenvalue weighted by Gasteiger charge is 2.02. The van der Waals surface area contributed by atoms with Gasteiger partial charge in [-0.25, -0.2) is 0 Å². The van der Waals surface area contributed by atoms with Gasteiger partial charge in [0.1, 0.15) is 0 Å². The maximum Gasteiger partial charge on any atom is 0.226 e. The molecule has 0 unspecified atom stereocenters. The molecule has 0 saturated carbocycles. The highest BCUT2D eigenvalue weighted by atomic mass is 32.1. The van der Waals surface area contributed by atoms with Crippen molar-refractivity contribution in [1.29, 1.82) is 0 Å². The predicted molar refractivity (Wildman–Crippen MR) is 43.3 cm³/mol. The molecule has 60 valence electrons. The third-order valence-corrected chi connectivity index (χ3v) is 1.68. The molecule has 0 N–H and O–H groups in total. The normalized spacial score (nSPS) is 10.1. The Morgan fingerprint density at radius 3 is 2.91 bits per heavy atom. The first-order valence-electron chi connectivity index (χ1n) is 3.31. The van der Waals surface area contributed by atoms with Gasteiger partial charge in [-0.05, 0) is 25.4 Å². The maximum absolute atomic E-state index is 10.2. The number of hydrogen-bond donors (Lipinski definition) is 0. The number of hydrogen-bond acceptors (Lipinski definition) is 4. The molecular formula is C7H9NO2S. The van der Waals surface area contributed by atoms with Crippen molar-refractivity contribution in [3.05, 3.63) is 10.9 Å². The van der Waals surface area contributed by atoms with Crippen LogP contribution in [-0.2, 0) is 0 Å². The second-order valence-electron chi connectivity index (χ2n) is 2.35. The lowest BCUT2D eigenvalue weighted by Gasteiger charge is -2.03. The van der Waals surface area contributed by atoms with Gasteiger partial charge in [-0.1, -0.05) is 0 Å². The van der Waals surface area contributed by atoms with E-state index in [1.165, 1.54) is 0 Å². The largest absolute Gasteiger partial charge is 0.474 e. The van der Waals surface area contributed by atoms with Gasteiger partial charge < -0.3 is 4.74 Å².